The van der Waals surface area contributed by atoms with E-state index in [-0.39, 0.29) is 12.5 Å². The number of hydrogen-bond donors (Lipinski definition) is 1. The van der Waals surface area contributed by atoms with Crippen LogP contribution in [0.25, 0.3) is 0 Å². The normalized spacial score (nSPS) is 15.3. The van der Waals surface area contributed by atoms with Crippen LogP contribution in [-0.4, -0.2) is 30.8 Å². The Kier molecular flexibility index (Phi) is 3.41. The number of ether oxygens (including phenoxy) is 1. The topological polar surface area (TPSA) is 49.8 Å². The minimum atomic E-state index is 0.0541. The predicted molar refractivity (Wildman–Crippen MR) is 60.6 cm³/mol. The Balaban J connectivity index is 2.28. The van der Waals surface area contributed by atoms with Gasteiger partial charge in [0.2, 0.25) is 5.91 Å². The molecule has 1 N–H and O–H groups in total. The summed E-state index contributed by atoms with van der Waals surface area (Å²) in [5, 5.41) is 8.83. The number of amides is 1. The molecular weight excluding hydrogens is 206 g/mol. The summed E-state index contributed by atoms with van der Waals surface area (Å²) in [6.07, 6.45) is 0.972. The van der Waals surface area contributed by atoms with Crippen LogP contribution in [0.15, 0.2) is 24.3 Å². The van der Waals surface area contributed by atoms with E-state index in [4.69, 9.17) is 9.84 Å². The Morgan fingerprint density at radius 3 is 3.00 bits per heavy atom. The Labute approximate surface area is 94.4 Å². The van der Waals surface area contributed by atoms with E-state index in [1.807, 2.05) is 24.3 Å². The number of carbonyl (C=O) groups excluding carboxylic acids is 1. The summed E-state index contributed by atoms with van der Waals surface area (Å²) in [5.41, 5.74) is 0.804. The van der Waals surface area contributed by atoms with Gasteiger partial charge in [0.05, 0.1) is 18.7 Å². The van der Waals surface area contributed by atoms with Crippen LogP contribution in [0.4, 0.5) is 5.69 Å². The van der Waals surface area contributed by atoms with Gasteiger partial charge in [-0.25, -0.2) is 0 Å². The highest BCUT2D eigenvalue weighted by molar-refractivity contribution is 5.95. The van der Waals surface area contributed by atoms with Crippen LogP contribution in [0.5, 0.6) is 5.75 Å². The van der Waals surface area contributed by atoms with Crippen molar-refractivity contribution in [3.8, 4) is 5.75 Å². The van der Waals surface area contributed by atoms with Crippen LogP contribution >= 0.6 is 0 Å². The Bertz CT molecular complexity index is 378. The second-order valence-corrected chi connectivity index (χ2v) is 3.69. The molecule has 4 nitrogen and oxygen atoms in total. The van der Waals surface area contributed by atoms with E-state index < -0.39 is 0 Å². The molecule has 86 valence electrons. The van der Waals surface area contributed by atoms with Crippen molar-refractivity contribution in [3.63, 3.8) is 0 Å². The molecule has 0 aromatic heterocycles. The average molecular weight is 221 g/mol. The number of nitrogens with zero attached hydrogens (tertiary/aromatic N) is 1. The van der Waals surface area contributed by atoms with Crippen molar-refractivity contribution in [1.82, 2.24) is 0 Å². The number of para-hydroxylation sites is 2. The van der Waals surface area contributed by atoms with Crippen molar-refractivity contribution in [2.45, 2.75) is 12.8 Å². The molecular formula is C12H15NO3. The highest BCUT2D eigenvalue weighted by atomic mass is 16.5. The third-order valence-electron chi connectivity index (χ3n) is 2.57. The third-order valence-corrected chi connectivity index (χ3v) is 2.57. The minimum Gasteiger partial charge on any atom is -0.491 e. The first-order valence-electron chi connectivity index (χ1n) is 5.46. The first-order chi connectivity index (χ1) is 7.83. The van der Waals surface area contributed by atoms with Crippen molar-refractivity contribution < 1.29 is 14.6 Å². The number of hydrogen-bond acceptors (Lipinski definition) is 3. The van der Waals surface area contributed by atoms with Crippen LogP contribution in [0.3, 0.4) is 0 Å². The molecule has 1 aromatic carbocycles. The molecule has 0 bridgehead atoms. The zero-order chi connectivity index (χ0) is 11.4. The third kappa shape index (κ3) is 2.17. The van der Waals surface area contributed by atoms with E-state index in [1.54, 1.807) is 4.90 Å². The summed E-state index contributed by atoms with van der Waals surface area (Å²) in [4.78, 5) is 13.5. The van der Waals surface area contributed by atoms with Gasteiger partial charge in [0, 0.05) is 13.2 Å². The first-order valence-corrected chi connectivity index (χ1v) is 5.46. The summed E-state index contributed by atoms with van der Waals surface area (Å²) in [5.74, 6) is 0.796. The Morgan fingerprint density at radius 2 is 2.19 bits per heavy atom. The minimum absolute atomic E-state index is 0.0541. The molecule has 0 saturated carbocycles. The summed E-state index contributed by atoms with van der Waals surface area (Å²) >= 11 is 0. The van der Waals surface area contributed by atoms with E-state index in [2.05, 4.69) is 0 Å². The molecule has 0 radical (unpaired) electrons. The van der Waals surface area contributed by atoms with E-state index in [9.17, 15) is 4.79 Å². The maximum Gasteiger partial charge on any atom is 0.230 e. The van der Waals surface area contributed by atoms with Crippen LogP contribution in [0.2, 0.25) is 0 Å². The van der Waals surface area contributed by atoms with Gasteiger partial charge in [-0.2, -0.15) is 0 Å². The molecule has 2 rings (SSSR count). The standard InChI is InChI=1S/C12H15NO3/c14-8-3-7-13-10-4-1-2-5-11(10)16-9-6-12(13)15/h1-2,4-5,14H,3,6-9H2. The molecule has 1 heterocycles. The number of carbonyl (C=O) groups is 1. The van der Waals surface area contributed by atoms with Crippen LogP contribution in [-0.2, 0) is 4.79 Å². The smallest absolute Gasteiger partial charge is 0.230 e. The average Bonchev–Trinajstić information content (AvgIpc) is 2.46. The largest absolute Gasteiger partial charge is 0.491 e. The van der Waals surface area contributed by atoms with Gasteiger partial charge in [-0.15, -0.1) is 0 Å². The molecule has 1 aliphatic rings. The second-order valence-electron chi connectivity index (χ2n) is 3.69. The van der Waals surface area contributed by atoms with Gasteiger partial charge in [0.15, 0.2) is 0 Å². The fourth-order valence-corrected chi connectivity index (χ4v) is 1.79. The van der Waals surface area contributed by atoms with Crippen molar-refractivity contribution >= 4 is 11.6 Å². The summed E-state index contributed by atoms with van der Waals surface area (Å²) in [6, 6.07) is 7.50. The van der Waals surface area contributed by atoms with Gasteiger partial charge >= 0.3 is 0 Å². The second kappa shape index (κ2) is 4.99. The SMILES string of the molecule is O=C1CCOc2ccccc2N1CCCO. The maximum absolute atomic E-state index is 11.8. The Hall–Kier alpha value is -1.55. The molecule has 1 aromatic rings. The van der Waals surface area contributed by atoms with E-state index in [0.717, 1.165) is 11.4 Å². The molecule has 0 fully saturated rings. The Morgan fingerprint density at radius 1 is 1.38 bits per heavy atom. The van der Waals surface area contributed by atoms with Gasteiger partial charge in [-0.1, -0.05) is 12.1 Å². The lowest BCUT2D eigenvalue weighted by atomic mass is 10.2. The fraction of sp³-hybridized carbons (Fsp3) is 0.417. The monoisotopic (exact) mass is 221 g/mol. The molecule has 16 heavy (non-hydrogen) atoms. The number of fused-ring (bicyclic) bond motifs is 1. The van der Waals surface area contributed by atoms with E-state index >= 15 is 0 Å². The van der Waals surface area contributed by atoms with Gasteiger partial charge in [0.25, 0.3) is 0 Å². The zero-order valence-corrected chi connectivity index (χ0v) is 9.06. The van der Waals surface area contributed by atoms with Crippen LogP contribution in [0, 0.1) is 0 Å². The highest BCUT2D eigenvalue weighted by Crippen LogP contribution is 2.30. The number of benzene rings is 1. The quantitative estimate of drug-likeness (QED) is 0.834. The lowest BCUT2D eigenvalue weighted by molar-refractivity contribution is -0.118. The van der Waals surface area contributed by atoms with E-state index in [1.165, 1.54) is 0 Å². The summed E-state index contributed by atoms with van der Waals surface area (Å²) in [7, 11) is 0. The van der Waals surface area contributed by atoms with Crippen molar-refractivity contribution in [1.29, 1.82) is 0 Å². The molecule has 4 heteroatoms. The zero-order valence-electron chi connectivity index (χ0n) is 9.06. The van der Waals surface area contributed by atoms with Gasteiger partial charge < -0.3 is 14.7 Å². The van der Waals surface area contributed by atoms with Gasteiger partial charge in [-0.05, 0) is 18.6 Å². The molecule has 0 unspecified atom stereocenters. The number of aliphatic hydroxyl groups is 1. The lowest BCUT2D eigenvalue weighted by Gasteiger charge is -2.21. The highest BCUT2D eigenvalue weighted by Gasteiger charge is 2.21. The molecule has 1 aliphatic heterocycles. The molecule has 0 aliphatic carbocycles. The van der Waals surface area contributed by atoms with Crippen molar-refractivity contribution in [3.05, 3.63) is 24.3 Å². The van der Waals surface area contributed by atoms with Gasteiger partial charge in [0.1, 0.15) is 5.75 Å². The summed E-state index contributed by atoms with van der Waals surface area (Å²) in [6.45, 7) is 1.05. The van der Waals surface area contributed by atoms with Crippen molar-refractivity contribution in [2.24, 2.45) is 0 Å². The maximum atomic E-state index is 11.8. The predicted octanol–water partition coefficient (Wildman–Crippen LogP) is 1.18. The fourth-order valence-electron chi connectivity index (χ4n) is 1.79. The number of aliphatic hydroxyl groups excluding tert-OH is 1. The van der Waals surface area contributed by atoms with E-state index in [0.29, 0.717) is 26.0 Å². The molecule has 0 spiro atoms. The van der Waals surface area contributed by atoms with Crippen LogP contribution < -0.4 is 9.64 Å². The number of rotatable bonds is 3. The van der Waals surface area contributed by atoms with Gasteiger partial charge in [-0.3, -0.25) is 4.79 Å². The lowest BCUT2D eigenvalue weighted by Crippen LogP contribution is -2.31. The van der Waals surface area contributed by atoms with Crippen LogP contribution in [0.1, 0.15) is 12.8 Å². The molecule has 0 saturated heterocycles. The van der Waals surface area contributed by atoms with Crippen molar-refractivity contribution in [2.75, 3.05) is 24.7 Å². The number of anilines is 1. The molecule has 1 amide bonds. The summed E-state index contributed by atoms with van der Waals surface area (Å²) < 4.78 is 5.50. The molecule has 0 atom stereocenters. The first kappa shape index (κ1) is 11.0.